The fraction of sp³-hybridized carbons (Fsp3) is 1.00. The third kappa shape index (κ3) is 1.99. The lowest BCUT2D eigenvalue weighted by Gasteiger charge is -2.29. The molecule has 0 bridgehead atoms. The van der Waals surface area contributed by atoms with Gasteiger partial charge in [0.05, 0.1) is 0 Å². The van der Waals surface area contributed by atoms with Crippen LogP contribution in [-0.2, 0) is 0 Å². The zero-order valence-electron chi connectivity index (χ0n) is 8.51. The second-order valence-electron chi connectivity index (χ2n) is 4.43. The molecule has 1 aliphatic heterocycles. The summed E-state index contributed by atoms with van der Waals surface area (Å²) in [5, 5.41) is 8.84. The van der Waals surface area contributed by atoms with E-state index in [-0.39, 0.29) is 0 Å². The number of hydrogen-bond acceptors (Lipinski definition) is 2. The lowest BCUT2D eigenvalue weighted by atomic mass is 9.95. The Bertz CT molecular complexity index is 145. The van der Waals surface area contributed by atoms with Crippen LogP contribution >= 0.6 is 0 Å². The quantitative estimate of drug-likeness (QED) is 0.695. The normalized spacial score (nSPS) is 29.5. The lowest BCUT2D eigenvalue weighted by Crippen LogP contribution is -2.37. The first kappa shape index (κ1) is 10.0. The lowest BCUT2D eigenvalue weighted by molar-refractivity contribution is 0.184. The van der Waals surface area contributed by atoms with Gasteiger partial charge in [0.2, 0.25) is 0 Å². The largest absolute Gasteiger partial charge is 0.396 e. The summed E-state index contributed by atoms with van der Waals surface area (Å²) in [6, 6.07) is 0. The van der Waals surface area contributed by atoms with Crippen LogP contribution in [0.5, 0.6) is 0 Å². The van der Waals surface area contributed by atoms with Crippen LogP contribution in [0.1, 0.15) is 33.6 Å². The Balaban J connectivity index is 2.48. The highest BCUT2D eigenvalue weighted by atomic mass is 16.3. The van der Waals surface area contributed by atoms with Crippen molar-refractivity contribution < 1.29 is 5.11 Å². The van der Waals surface area contributed by atoms with Gasteiger partial charge in [-0.15, -0.1) is 0 Å². The van der Waals surface area contributed by atoms with E-state index in [0.29, 0.717) is 18.1 Å². The molecule has 1 rings (SSSR count). The van der Waals surface area contributed by atoms with Crippen molar-refractivity contribution in [1.29, 1.82) is 0 Å². The van der Waals surface area contributed by atoms with Gasteiger partial charge in [-0.1, -0.05) is 6.92 Å². The molecule has 1 heterocycles. The molecule has 0 aromatic heterocycles. The molecule has 2 nitrogen and oxygen atoms in total. The van der Waals surface area contributed by atoms with E-state index in [1.807, 2.05) is 0 Å². The van der Waals surface area contributed by atoms with Crippen molar-refractivity contribution in [2.45, 2.75) is 39.2 Å². The number of rotatable bonds is 3. The van der Waals surface area contributed by atoms with Crippen molar-refractivity contribution in [1.82, 2.24) is 4.90 Å². The summed E-state index contributed by atoms with van der Waals surface area (Å²) in [7, 11) is 0. The van der Waals surface area contributed by atoms with Crippen molar-refractivity contribution >= 4 is 0 Å². The fourth-order valence-corrected chi connectivity index (χ4v) is 2.39. The first-order valence-electron chi connectivity index (χ1n) is 4.96. The number of nitrogens with zero attached hydrogens (tertiary/aromatic N) is 1. The third-order valence-electron chi connectivity index (χ3n) is 3.04. The summed E-state index contributed by atoms with van der Waals surface area (Å²) < 4.78 is 0. The summed E-state index contributed by atoms with van der Waals surface area (Å²) in [4.78, 5) is 2.51. The number of hydrogen-bond donors (Lipinski definition) is 1. The number of aliphatic hydroxyl groups excluding tert-OH is 1. The molecule has 72 valence electrons. The Morgan fingerprint density at radius 1 is 1.50 bits per heavy atom. The van der Waals surface area contributed by atoms with E-state index in [2.05, 4.69) is 25.7 Å². The van der Waals surface area contributed by atoms with E-state index in [1.165, 1.54) is 13.0 Å². The van der Waals surface area contributed by atoms with Crippen LogP contribution in [0, 0.1) is 5.92 Å². The molecule has 0 spiro atoms. The van der Waals surface area contributed by atoms with Crippen LogP contribution in [-0.4, -0.2) is 35.2 Å². The highest BCUT2D eigenvalue weighted by Gasteiger charge is 2.36. The summed E-state index contributed by atoms with van der Waals surface area (Å²) in [6.07, 6.45) is 2.21. The highest BCUT2D eigenvalue weighted by molar-refractivity contribution is 4.91. The molecule has 0 aromatic carbocycles. The molecule has 0 radical (unpaired) electrons. The maximum absolute atomic E-state index is 8.84. The van der Waals surface area contributed by atoms with Crippen molar-refractivity contribution in [3.8, 4) is 0 Å². The molecule has 1 N–H and O–H groups in total. The maximum atomic E-state index is 8.84. The van der Waals surface area contributed by atoms with Gasteiger partial charge in [-0.2, -0.15) is 0 Å². The standard InChI is InChI=1S/C10H21NO/c1-4-11-8-9(5-6-12)7-10(11,2)3/h9,12H,4-8H2,1-3H3. The molecule has 0 amide bonds. The highest BCUT2D eigenvalue weighted by Crippen LogP contribution is 2.33. The van der Waals surface area contributed by atoms with Crippen molar-refractivity contribution in [2.24, 2.45) is 5.92 Å². The van der Waals surface area contributed by atoms with Crippen LogP contribution in [0.15, 0.2) is 0 Å². The minimum Gasteiger partial charge on any atom is -0.396 e. The summed E-state index contributed by atoms with van der Waals surface area (Å²) in [5.41, 5.74) is 0.356. The zero-order valence-corrected chi connectivity index (χ0v) is 8.51. The van der Waals surface area contributed by atoms with Crippen LogP contribution < -0.4 is 0 Å². The SMILES string of the molecule is CCN1CC(CCO)CC1(C)C. The van der Waals surface area contributed by atoms with Crippen LogP contribution in [0.4, 0.5) is 0 Å². The van der Waals surface area contributed by atoms with Gasteiger partial charge in [0, 0.05) is 18.7 Å². The van der Waals surface area contributed by atoms with Gasteiger partial charge in [-0.25, -0.2) is 0 Å². The van der Waals surface area contributed by atoms with Crippen molar-refractivity contribution in [2.75, 3.05) is 19.7 Å². The average molecular weight is 171 g/mol. The van der Waals surface area contributed by atoms with Crippen LogP contribution in [0.25, 0.3) is 0 Å². The van der Waals surface area contributed by atoms with Gasteiger partial charge in [-0.05, 0) is 39.2 Å². The molecule has 1 unspecified atom stereocenters. The summed E-state index contributed by atoms with van der Waals surface area (Å²) in [5.74, 6) is 0.713. The predicted molar refractivity (Wildman–Crippen MR) is 51.1 cm³/mol. The molecule has 0 aliphatic carbocycles. The molecule has 1 aliphatic rings. The topological polar surface area (TPSA) is 23.5 Å². The average Bonchev–Trinajstić information content (AvgIpc) is 2.25. The van der Waals surface area contributed by atoms with Gasteiger partial charge in [0.15, 0.2) is 0 Å². The molecule has 2 heteroatoms. The van der Waals surface area contributed by atoms with E-state index in [4.69, 9.17) is 5.11 Å². The molecular formula is C10H21NO. The molecule has 1 fully saturated rings. The Hall–Kier alpha value is -0.0800. The van der Waals surface area contributed by atoms with Gasteiger partial charge in [-0.3, -0.25) is 4.90 Å². The second-order valence-corrected chi connectivity index (χ2v) is 4.43. The first-order valence-corrected chi connectivity index (χ1v) is 4.96. The Morgan fingerprint density at radius 2 is 2.17 bits per heavy atom. The van der Waals surface area contributed by atoms with Gasteiger partial charge >= 0.3 is 0 Å². The summed E-state index contributed by atoms with van der Waals surface area (Å²) in [6.45, 7) is 9.46. The Labute approximate surface area is 75.6 Å². The smallest absolute Gasteiger partial charge is 0.0434 e. The minimum absolute atomic E-state index is 0.346. The summed E-state index contributed by atoms with van der Waals surface area (Å²) >= 11 is 0. The predicted octanol–water partition coefficient (Wildman–Crippen LogP) is 1.49. The molecular weight excluding hydrogens is 150 g/mol. The van der Waals surface area contributed by atoms with E-state index in [1.54, 1.807) is 0 Å². The van der Waals surface area contributed by atoms with Crippen LogP contribution in [0.3, 0.4) is 0 Å². The second kappa shape index (κ2) is 3.75. The van der Waals surface area contributed by atoms with E-state index < -0.39 is 0 Å². The first-order chi connectivity index (χ1) is 5.60. The fourth-order valence-electron chi connectivity index (χ4n) is 2.39. The third-order valence-corrected chi connectivity index (χ3v) is 3.04. The molecule has 0 saturated carbocycles. The van der Waals surface area contributed by atoms with Crippen molar-refractivity contribution in [3.63, 3.8) is 0 Å². The molecule has 0 aromatic rings. The van der Waals surface area contributed by atoms with E-state index in [9.17, 15) is 0 Å². The van der Waals surface area contributed by atoms with E-state index >= 15 is 0 Å². The molecule has 12 heavy (non-hydrogen) atoms. The number of aliphatic hydroxyl groups is 1. The monoisotopic (exact) mass is 171 g/mol. The van der Waals surface area contributed by atoms with Crippen LogP contribution in [0.2, 0.25) is 0 Å². The van der Waals surface area contributed by atoms with Gasteiger partial charge in [0.1, 0.15) is 0 Å². The van der Waals surface area contributed by atoms with E-state index in [0.717, 1.165) is 13.0 Å². The van der Waals surface area contributed by atoms with Gasteiger partial charge in [0.25, 0.3) is 0 Å². The minimum atomic E-state index is 0.346. The zero-order chi connectivity index (χ0) is 9.19. The molecule has 1 atom stereocenters. The maximum Gasteiger partial charge on any atom is 0.0434 e. The number of likely N-dealkylation sites (tertiary alicyclic amines) is 1. The molecule has 1 saturated heterocycles. The van der Waals surface area contributed by atoms with Crippen molar-refractivity contribution in [3.05, 3.63) is 0 Å². The van der Waals surface area contributed by atoms with Gasteiger partial charge < -0.3 is 5.11 Å². The Morgan fingerprint density at radius 3 is 2.58 bits per heavy atom. The Kier molecular flexibility index (Phi) is 3.13.